The summed E-state index contributed by atoms with van der Waals surface area (Å²) in [7, 11) is 1.25. The molecule has 0 aromatic heterocycles. The van der Waals surface area contributed by atoms with Crippen LogP contribution in [0.4, 0.5) is 0 Å². The zero-order valence-corrected chi connectivity index (χ0v) is 32.8. The zero-order chi connectivity index (χ0) is 35.8. The van der Waals surface area contributed by atoms with Crippen LogP contribution in [-0.2, 0) is 18.4 Å². The Bertz CT molecular complexity index is 845. The number of likely N-dealkylation sites (N-methyl/N-ethyl adjacent to an activating group) is 1. The van der Waals surface area contributed by atoms with E-state index in [2.05, 4.69) is 31.3 Å². The van der Waals surface area contributed by atoms with Crippen molar-refractivity contribution in [2.24, 2.45) is 0 Å². The van der Waals surface area contributed by atoms with Crippen LogP contribution in [0.15, 0.2) is 24.3 Å². The molecule has 0 saturated carbocycles. The van der Waals surface area contributed by atoms with Gasteiger partial charge in [-0.25, -0.2) is 0 Å². The second-order valence-electron chi connectivity index (χ2n) is 14.6. The number of allylic oxidation sites excluding steroid dienone is 3. The molecule has 9 heteroatoms. The predicted octanol–water partition coefficient (Wildman–Crippen LogP) is 9.55. The molecule has 8 nitrogen and oxygen atoms in total. The quantitative estimate of drug-likeness (QED) is 0.0295. The maximum Gasteiger partial charge on any atom is 0.268 e. The highest BCUT2D eigenvalue weighted by Gasteiger charge is 2.23. The molecule has 0 spiro atoms. The zero-order valence-electron chi connectivity index (χ0n) is 31.9. The van der Waals surface area contributed by atoms with Gasteiger partial charge in [0.2, 0.25) is 5.91 Å². The van der Waals surface area contributed by atoms with Gasteiger partial charge in [0, 0.05) is 6.42 Å². The maximum absolute atomic E-state index is 12.7. The predicted molar refractivity (Wildman–Crippen MR) is 201 cm³/mol. The Morgan fingerprint density at radius 2 is 1.17 bits per heavy atom. The number of phosphoric ester groups is 1. The van der Waals surface area contributed by atoms with E-state index >= 15 is 0 Å². The Morgan fingerprint density at radius 1 is 0.708 bits per heavy atom. The number of unbranched alkanes of at least 4 members (excludes halogenated alkanes) is 20. The van der Waals surface area contributed by atoms with Crippen molar-refractivity contribution in [1.29, 1.82) is 0 Å². The van der Waals surface area contributed by atoms with Crippen molar-refractivity contribution in [3.8, 4) is 0 Å². The van der Waals surface area contributed by atoms with Crippen LogP contribution in [0.25, 0.3) is 0 Å². The summed E-state index contributed by atoms with van der Waals surface area (Å²) in [5, 5.41) is 13.7. The van der Waals surface area contributed by atoms with Gasteiger partial charge < -0.3 is 28.8 Å². The number of nitrogens with zero attached hydrogens (tertiary/aromatic N) is 1. The lowest BCUT2D eigenvalue weighted by molar-refractivity contribution is -0.870. The van der Waals surface area contributed by atoms with Crippen LogP contribution in [0.1, 0.15) is 168 Å². The fourth-order valence-electron chi connectivity index (χ4n) is 5.43. The average molecular weight is 701 g/mol. The number of amides is 1. The van der Waals surface area contributed by atoms with Crippen molar-refractivity contribution in [2.75, 3.05) is 40.9 Å². The van der Waals surface area contributed by atoms with Crippen molar-refractivity contribution in [2.45, 2.75) is 180 Å². The number of carbonyl (C=O) groups excluding carboxylic acids is 1. The molecule has 0 radical (unpaired) electrons. The molecule has 0 saturated heterocycles. The number of hydrogen-bond acceptors (Lipinski definition) is 6. The second-order valence-corrected chi connectivity index (χ2v) is 16.0. The van der Waals surface area contributed by atoms with Crippen LogP contribution in [0.5, 0.6) is 0 Å². The summed E-state index contributed by atoms with van der Waals surface area (Å²) in [6, 6.07) is -0.886. The lowest BCUT2D eigenvalue weighted by Gasteiger charge is -2.29. The lowest BCUT2D eigenvalue weighted by Crippen LogP contribution is -2.45. The van der Waals surface area contributed by atoms with Crippen LogP contribution in [0, 0.1) is 0 Å². The minimum atomic E-state index is -4.58. The molecule has 0 aromatic carbocycles. The van der Waals surface area contributed by atoms with E-state index in [1.165, 1.54) is 89.9 Å². The van der Waals surface area contributed by atoms with E-state index in [-0.39, 0.29) is 19.1 Å². The van der Waals surface area contributed by atoms with Gasteiger partial charge in [0.25, 0.3) is 7.82 Å². The molecule has 0 fully saturated rings. The van der Waals surface area contributed by atoms with Gasteiger partial charge in [-0.05, 0) is 38.5 Å². The van der Waals surface area contributed by atoms with Gasteiger partial charge in [-0.1, -0.05) is 147 Å². The summed E-state index contributed by atoms with van der Waals surface area (Å²) in [4.78, 5) is 25.1. The number of phosphoric acid groups is 1. The number of quaternary nitrogens is 1. The van der Waals surface area contributed by atoms with Gasteiger partial charge in [0.1, 0.15) is 13.2 Å². The molecular weight excluding hydrogens is 623 g/mol. The van der Waals surface area contributed by atoms with Gasteiger partial charge in [0.05, 0.1) is 39.9 Å². The molecule has 48 heavy (non-hydrogen) atoms. The molecular formula is C39H77N2O6P. The molecule has 2 N–H and O–H groups in total. The largest absolute Gasteiger partial charge is 0.756 e. The number of carbonyl (C=O) groups is 1. The van der Waals surface area contributed by atoms with Crippen molar-refractivity contribution in [1.82, 2.24) is 5.32 Å². The first kappa shape index (κ1) is 47.0. The Morgan fingerprint density at radius 3 is 1.69 bits per heavy atom. The number of aliphatic hydroxyl groups is 1. The summed E-state index contributed by atoms with van der Waals surface area (Å²) >= 11 is 0. The first-order valence-corrected chi connectivity index (χ1v) is 21.2. The fraction of sp³-hybridized carbons (Fsp3) is 0.872. The molecule has 284 valence electrons. The standard InChI is InChI=1S/C39H77N2O6P/c1-6-8-10-12-14-16-18-19-20-21-22-23-24-26-28-30-32-38(42)37(36-47-48(44,45)46-35-34-41(3,4)5)40-39(43)33-31-29-27-25-17-15-13-11-9-7-2/h13,15,30,32,37-38,42H,6-12,14,16-29,31,33-36H2,1-5H3,(H-,40,43,44,45)/b15-13-,32-30+. The Labute approximate surface area is 296 Å². The molecule has 3 unspecified atom stereocenters. The van der Waals surface area contributed by atoms with Crippen LogP contribution < -0.4 is 10.2 Å². The molecule has 0 aromatic rings. The molecule has 0 aliphatic heterocycles. The van der Waals surface area contributed by atoms with E-state index in [4.69, 9.17) is 9.05 Å². The summed E-state index contributed by atoms with van der Waals surface area (Å²) in [5.74, 6) is -0.214. The van der Waals surface area contributed by atoms with Crippen LogP contribution in [0.2, 0.25) is 0 Å². The van der Waals surface area contributed by atoms with Crippen molar-refractivity contribution in [3.05, 3.63) is 24.3 Å². The van der Waals surface area contributed by atoms with Crippen LogP contribution in [-0.4, -0.2) is 68.5 Å². The molecule has 1 amide bonds. The first-order chi connectivity index (χ1) is 23.0. The number of rotatable bonds is 35. The average Bonchev–Trinajstić information content (AvgIpc) is 3.02. The highest BCUT2D eigenvalue weighted by molar-refractivity contribution is 7.45. The van der Waals surface area contributed by atoms with Gasteiger partial charge in [0.15, 0.2) is 0 Å². The lowest BCUT2D eigenvalue weighted by atomic mass is 10.0. The first-order valence-electron chi connectivity index (χ1n) is 19.7. The summed E-state index contributed by atoms with van der Waals surface area (Å²) in [6.45, 7) is 4.57. The third kappa shape index (κ3) is 33.5. The SMILES string of the molecule is CCCC/C=C\CCCCCCC(=O)NC(COP(=O)([O-])OCC[N+](C)(C)C)C(O)/C=C/CCCCCCCCCCCCCCCC. The van der Waals surface area contributed by atoms with E-state index in [0.717, 1.165) is 57.8 Å². The molecule has 0 aliphatic rings. The van der Waals surface area contributed by atoms with Crippen LogP contribution in [0.3, 0.4) is 0 Å². The summed E-state index contributed by atoms with van der Waals surface area (Å²) < 4.78 is 23.1. The molecule has 0 heterocycles. The van der Waals surface area contributed by atoms with Crippen molar-refractivity contribution >= 4 is 13.7 Å². The Hall–Kier alpha value is -1.02. The molecule has 0 rings (SSSR count). The minimum absolute atomic E-state index is 0.00250. The summed E-state index contributed by atoms with van der Waals surface area (Å²) in [6.07, 6.45) is 35.1. The normalized spacial score (nSPS) is 14.9. The number of nitrogens with one attached hydrogen (secondary N) is 1. The minimum Gasteiger partial charge on any atom is -0.756 e. The van der Waals surface area contributed by atoms with E-state index in [9.17, 15) is 19.4 Å². The molecule has 0 bridgehead atoms. The maximum atomic E-state index is 12.7. The number of aliphatic hydroxyl groups excluding tert-OH is 1. The van der Waals surface area contributed by atoms with Crippen LogP contribution >= 0.6 is 7.82 Å². The van der Waals surface area contributed by atoms with E-state index in [1.54, 1.807) is 6.08 Å². The third-order valence-corrected chi connectivity index (χ3v) is 9.62. The van der Waals surface area contributed by atoms with Gasteiger partial charge in [-0.2, -0.15) is 0 Å². The topological polar surface area (TPSA) is 108 Å². The second kappa shape index (κ2) is 31.9. The monoisotopic (exact) mass is 701 g/mol. The van der Waals surface area contributed by atoms with E-state index in [1.807, 2.05) is 27.2 Å². The Kier molecular flexibility index (Phi) is 31.2. The van der Waals surface area contributed by atoms with E-state index < -0.39 is 20.0 Å². The smallest absolute Gasteiger partial charge is 0.268 e. The molecule has 3 atom stereocenters. The summed E-state index contributed by atoms with van der Waals surface area (Å²) in [5.41, 5.74) is 0. The van der Waals surface area contributed by atoms with Gasteiger partial charge >= 0.3 is 0 Å². The van der Waals surface area contributed by atoms with Crippen molar-refractivity contribution in [3.63, 3.8) is 0 Å². The van der Waals surface area contributed by atoms with E-state index in [0.29, 0.717) is 17.4 Å². The Balaban J connectivity index is 4.50. The van der Waals surface area contributed by atoms with Crippen molar-refractivity contribution < 1.29 is 32.9 Å². The van der Waals surface area contributed by atoms with Gasteiger partial charge in [-0.3, -0.25) is 9.36 Å². The molecule has 0 aliphatic carbocycles. The number of hydrogen-bond donors (Lipinski definition) is 2. The van der Waals surface area contributed by atoms with Gasteiger partial charge in [-0.15, -0.1) is 0 Å². The third-order valence-electron chi connectivity index (χ3n) is 8.66. The highest BCUT2D eigenvalue weighted by atomic mass is 31.2. The highest BCUT2D eigenvalue weighted by Crippen LogP contribution is 2.38. The fourth-order valence-corrected chi connectivity index (χ4v) is 6.15.